The summed E-state index contributed by atoms with van der Waals surface area (Å²) in [5.74, 6) is -1.82. The maximum Gasteiger partial charge on any atom is 0.272 e. The number of aryl methyl sites for hydroxylation is 1. The molecule has 1 atom stereocenters. The number of carbonyl (C=O) groups is 3. The topological polar surface area (TPSA) is 165 Å². The van der Waals surface area contributed by atoms with Crippen LogP contribution in [-0.2, 0) is 4.79 Å². The second kappa shape index (κ2) is 9.20. The minimum Gasteiger partial charge on any atom is -0.327 e. The largest absolute Gasteiger partial charge is 0.327 e. The van der Waals surface area contributed by atoms with Gasteiger partial charge in [-0.1, -0.05) is 6.07 Å². The minimum atomic E-state index is -0.844. The number of non-ortho nitro benzene ring substituents is 1. The molecule has 0 saturated carbocycles. The van der Waals surface area contributed by atoms with Gasteiger partial charge in [0.2, 0.25) is 0 Å². The first-order valence-corrected chi connectivity index (χ1v) is 9.59. The van der Waals surface area contributed by atoms with E-state index in [1.807, 2.05) is 0 Å². The molecule has 3 rings (SSSR count). The number of amides is 3. The predicted molar refractivity (Wildman–Crippen MR) is 111 cm³/mol. The van der Waals surface area contributed by atoms with Crippen LogP contribution in [0.3, 0.4) is 0 Å². The molecule has 2 aromatic rings. The van der Waals surface area contributed by atoms with Crippen LogP contribution in [-0.4, -0.2) is 45.1 Å². The van der Waals surface area contributed by atoms with E-state index in [4.69, 9.17) is 0 Å². The van der Waals surface area contributed by atoms with Crippen molar-refractivity contribution in [1.29, 1.82) is 0 Å². The monoisotopic (exact) mass is 441 g/mol. The molecule has 0 aliphatic carbocycles. The van der Waals surface area contributed by atoms with Gasteiger partial charge in [-0.05, 0) is 38.0 Å². The van der Waals surface area contributed by atoms with Gasteiger partial charge in [-0.25, -0.2) is 0 Å². The van der Waals surface area contributed by atoms with E-state index >= 15 is 0 Å². The van der Waals surface area contributed by atoms with E-state index in [1.54, 1.807) is 0 Å². The number of rotatable bonds is 5. The van der Waals surface area contributed by atoms with E-state index in [1.165, 1.54) is 48.2 Å². The summed E-state index contributed by atoms with van der Waals surface area (Å²) < 4.78 is 0. The third kappa shape index (κ3) is 4.69. The molecule has 1 fully saturated rings. The number of nitro groups is 2. The van der Waals surface area contributed by atoms with Crippen LogP contribution in [0.15, 0.2) is 42.5 Å². The lowest BCUT2D eigenvalue weighted by atomic mass is 10.1. The van der Waals surface area contributed by atoms with Crippen molar-refractivity contribution in [2.75, 3.05) is 6.54 Å². The Bertz CT molecular complexity index is 1120. The Morgan fingerprint density at radius 3 is 2.41 bits per heavy atom. The summed E-state index contributed by atoms with van der Waals surface area (Å²) in [6.45, 7) is 1.83. The van der Waals surface area contributed by atoms with Crippen molar-refractivity contribution in [3.63, 3.8) is 0 Å². The Labute approximate surface area is 181 Å². The smallest absolute Gasteiger partial charge is 0.272 e. The fourth-order valence-corrected chi connectivity index (χ4v) is 3.48. The zero-order valence-electron chi connectivity index (χ0n) is 16.9. The molecule has 1 aliphatic heterocycles. The van der Waals surface area contributed by atoms with Crippen LogP contribution in [0, 0.1) is 27.2 Å². The minimum absolute atomic E-state index is 0.0137. The average molecular weight is 441 g/mol. The van der Waals surface area contributed by atoms with Gasteiger partial charge >= 0.3 is 0 Å². The standard InChI is InChI=1S/C20H19N5O7/c1-12-10-14(7-8-16(12)25(31)32)20(28)23-9-3-6-17(23)19(27)22-21-18(26)13-4-2-5-15(11-13)24(29)30/h2,4-5,7-8,10-11,17H,3,6,9H2,1H3,(H,21,26)(H,22,27). The predicted octanol–water partition coefficient (Wildman–Crippen LogP) is 1.88. The summed E-state index contributed by atoms with van der Waals surface area (Å²) in [6, 6.07) is 8.15. The van der Waals surface area contributed by atoms with Gasteiger partial charge in [0.1, 0.15) is 6.04 Å². The Balaban J connectivity index is 1.66. The molecule has 12 nitrogen and oxygen atoms in total. The van der Waals surface area contributed by atoms with Gasteiger partial charge < -0.3 is 4.90 Å². The van der Waals surface area contributed by atoms with E-state index in [0.717, 1.165) is 6.07 Å². The first kappa shape index (κ1) is 22.3. The molecule has 1 saturated heterocycles. The Morgan fingerprint density at radius 2 is 1.75 bits per heavy atom. The summed E-state index contributed by atoms with van der Waals surface area (Å²) in [7, 11) is 0. The molecule has 2 aromatic carbocycles. The van der Waals surface area contributed by atoms with E-state index in [9.17, 15) is 34.6 Å². The highest BCUT2D eigenvalue weighted by molar-refractivity contribution is 5.99. The van der Waals surface area contributed by atoms with Crippen LogP contribution >= 0.6 is 0 Å². The molecule has 3 amide bonds. The number of nitrogens with one attached hydrogen (secondary N) is 2. The first-order chi connectivity index (χ1) is 15.2. The molecule has 0 spiro atoms. The fraction of sp³-hybridized carbons (Fsp3) is 0.250. The lowest BCUT2D eigenvalue weighted by molar-refractivity contribution is -0.385. The van der Waals surface area contributed by atoms with Crippen molar-refractivity contribution in [2.24, 2.45) is 0 Å². The third-order valence-corrected chi connectivity index (χ3v) is 5.08. The molecule has 0 radical (unpaired) electrons. The van der Waals surface area contributed by atoms with Crippen LogP contribution in [0.4, 0.5) is 11.4 Å². The second-order valence-corrected chi connectivity index (χ2v) is 7.17. The van der Waals surface area contributed by atoms with Crippen LogP contribution < -0.4 is 10.9 Å². The normalized spacial score (nSPS) is 15.2. The summed E-state index contributed by atoms with van der Waals surface area (Å²) in [6.07, 6.45) is 0.935. The quantitative estimate of drug-likeness (QED) is 0.528. The molecule has 0 aromatic heterocycles. The highest BCUT2D eigenvalue weighted by Crippen LogP contribution is 2.24. The molecule has 1 heterocycles. The van der Waals surface area contributed by atoms with Crippen LogP contribution in [0.1, 0.15) is 39.1 Å². The summed E-state index contributed by atoms with van der Waals surface area (Å²) >= 11 is 0. The molecule has 0 bridgehead atoms. The molecule has 32 heavy (non-hydrogen) atoms. The average Bonchev–Trinajstić information content (AvgIpc) is 3.26. The van der Waals surface area contributed by atoms with Gasteiger partial charge in [0, 0.05) is 41.4 Å². The number of benzene rings is 2. The lowest BCUT2D eigenvalue weighted by Gasteiger charge is -2.24. The van der Waals surface area contributed by atoms with Crippen molar-refractivity contribution in [3.8, 4) is 0 Å². The summed E-state index contributed by atoms with van der Waals surface area (Å²) in [5.41, 5.74) is 4.60. The zero-order chi connectivity index (χ0) is 23.4. The van der Waals surface area contributed by atoms with Gasteiger partial charge in [0.15, 0.2) is 0 Å². The first-order valence-electron chi connectivity index (χ1n) is 9.59. The van der Waals surface area contributed by atoms with Gasteiger partial charge in [0.25, 0.3) is 29.1 Å². The number of carbonyl (C=O) groups excluding carboxylic acids is 3. The molecule has 2 N–H and O–H groups in total. The Hall–Kier alpha value is -4.35. The third-order valence-electron chi connectivity index (χ3n) is 5.08. The number of hydrogen-bond donors (Lipinski definition) is 2. The SMILES string of the molecule is Cc1cc(C(=O)N2CCCC2C(=O)NNC(=O)c2cccc([N+](=O)[O-])c2)ccc1[N+](=O)[O-]. The van der Waals surface area contributed by atoms with Gasteiger partial charge in [0.05, 0.1) is 9.85 Å². The van der Waals surface area contributed by atoms with Crippen molar-refractivity contribution < 1.29 is 24.2 Å². The maximum absolute atomic E-state index is 12.9. The van der Waals surface area contributed by atoms with Gasteiger partial charge in [-0.15, -0.1) is 0 Å². The molecule has 1 aliphatic rings. The van der Waals surface area contributed by atoms with E-state index in [2.05, 4.69) is 10.9 Å². The number of hydrazine groups is 1. The number of nitro benzene ring substituents is 2. The highest BCUT2D eigenvalue weighted by Gasteiger charge is 2.35. The maximum atomic E-state index is 12.9. The van der Waals surface area contributed by atoms with E-state index < -0.39 is 33.6 Å². The van der Waals surface area contributed by atoms with Crippen molar-refractivity contribution in [2.45, 2.75) is 25.8 Å². The molecule has 166 valence electrons. The summed E-state index contributed by atoms with van der Waals surface area (Å²) in [5, 5.41) is 21.8. The molecule has 1 unspecified atom stereocenters. The van der Waals surface area contributed by atoms with Crippen molar-refractivity contribution in [1.82, 2.24) is 15.8 Å². The van der Waals surface area contributed by atoms with Crippen LogP contribution in [0.2, 0.25) is 0 Å². The molecular formula is C20H19N5O7. The number of nitrogens with zero attached hydrogens (tertiary/aromatic N) is 3. The Kier molecular flexibility index (Phi) is 6.42. The van der Waals surface area contributed by atoms with Crippen LogP contribution in [0.5, 0.6) is 0 Å². The molecule has 12 heteroatoms. The zero-order valence-corrected chi connectivity index (χ0v) is 16.9. The second-order valence-electron chi connectivity index (χ2n) is 7.17. The van der Waals surface area contributed by atoms with Crippen molar-refractivity contribution >= 4 is 29.1 Å². The van der Waals surface area contributed by atoms with Crippen LogP contribution in [0.25, 0.3) is 0 Å². The van der Waals surface area contributed by atoms with E-state index in [0.29, 0.717) is 24.9 Å². The summed E-state index contributed by atoms with van der Waals surface area (Å²) in [4.78, 5) is 59.7. The van der Waals surface area contributed by atoms with E-state index in [-0.39, 0.29) is 22.5 Å². The Morgan fingerprint density at radius 1 is 1.00 bits per heavy atom. The van der Waals surface area contributed by atoms with Gasteiger partial charge in [-0.3, -0.25) is 45.5 Å². The van der Waals surface area contributed by atoms with Crippen molar-refractivity contribution in [3.05, 3.63) is 79.4 Å². The fourth-order valence-electron chi connectivity index (χ4n) is 3.48. The molecular weight excluding hydrogens is 422 g/mol. The number of hydrogen-bond acceptors (Lipinski definition) is 7. The number of likely N-dealkylation sites (tertiary alicyclic amines) is 1. The highest BCUT2D eigenvalue weighted by atomic mass is 16.6. The lowest BCUT2D eigenvalue weighted by Crippen LogP contribution is -2.51. The van der Waals surface area contributed by atoms with Gasteiger partial charge in [-0.2, -0.15) is 0 Å².